The van der Waals surface area contributed by atoms with E-state index in [1.165, 1.54) is 12.0 Å². The van der Waals surface area contributed by atoms with Crippen molar-refractivity contribution in [3.05, 3.63) is 23.8 Å². The Balaban J connectivity index is 2.70. The average molecular weight is 251 g/mol. The normalized spacial score (nSPS) is 14.1. The first-order chi connectivity index (χ1) is 8.62. The topological polar surface area (TPSA) is 30.5 Å². The van der Waals surface area contributed by atoms with Crippen LogP contribution in [0.4, 0.5) is 0 Å². The van der Waals surface area contributed by atoms with Crippen LogP contribution in [0.2, 0.25) is 0 Å². The molecule has 1 N–H and O–H groups in total. The lowest BCUT2D eigenvalue weighted by Crippen LogP contribution is -2.24. The van der Waals surface area contributed by atoms with E-state index in [4.69, 9.17) is 9.47 Å². The highest BCUT2D eigenvalue weighted by Crippen LogP contribution is 2.29. The maximum absolute atomic E-state index is 5.32. The van der Waals surface area contributed by atoms with Crippen LogP contribution in [0, 0.1) is 5.92 Å². The molecule has 1 rings (SSSR count). The van der Waals surface area contributed by atoms with Crippen LogP contribution >= 0.6 is 0 Å². The molecular formula is C15H25NO2. The number of nitrogens with one attached hydrogen (secondary N) is 1. The Bertz CT molecular complexity index is 366. The monoisotopic (exact) mass is 251 g/mol. The maximum atomic E-state index is 5.32. The van der Waals surface area contributed by atoms with Gasteiger partial charge in [-0.3, -0.25) is 0 Å². The molecule has 18 heavy (non-hydrogen) atoms. The second-order valence-electron chi connectivity index (χ2n) is 4.76. The van der Waals surface area contributed by atoms with E-state index in [9.17, 15) is 0 Å². The van der Waals surface area contributed by atoms with E-state index in [2.05, 4.69) is 32.2 Å². The Kier molecular flexibility index (Phi) is 5.99. The van der Waals surface area contributed by atoms with E-state index in [-0.39, 0.29) is 0 Å². The molecule has 0 aromatic heterocycles. The van der Waals surface area contributed by atoms with E-state index in [0.717, 1.165) is 18.0 Å². The first-order valence-electron chi connectivity index (χ1n) is 6.57. The summed E-state index contributed by atoms with van der Waals surface area (Å²) in [4.78, 5) is 0. The summed E-state index contributed by atoms with van der Waals surface area (Å²) in [6, 6.07) is 6.39. The average Bonchev–Trinajstić information content (AvgIpc) is 2.43. The lowest BCUT2D eigenvalue weighted by atomic mass is 10.1. The summed E-state index contributed by atoms with van der Waals surface area (Å²) in [7, 11) is 3.32. The lowest BCUT2D eigenvalue weighted by Gasteiger charge is -2.18. The van der Waals surface area contributed by atoms with Gasteiger partial charge in [-0.1, -0.05) is 26.3 Å². The van der Waals surface area contributed by atoms with Gasteiger partial charge in [0.2, 0.25) is 0 Å². The van der Waals surface area contributed by atoms with Gasteiger partial charge in [-0.2, -0.15) is 0 Å². The zero-order valence-corrected chi connectivity index (χ0v) is 12.1. The third-order valence-corrected chi connectivity index (χ3v) is 3.38. The largest absolute Gasteiger partial charge is 0.493 e. The van der Waals surface area contributed by atoms with Gasteiger partial charge in [0.05, 0.1) is 14.2 Å². The number of benzene rings is 1. The minimum atomic E-state index is 0.318. The van der Waals surface area contributed by atoms with Crippen LogP contribution in [0.5, 0.6) is 11.5 Å². The highest BCUT2D eigenvalue weighted by atomic mass is 16.5. The molecular weight excluding hydrogens is 226 g/mol. The zero-order chi connectivity index (χ0) is 13.5. The van der Waals surface area contributed by atoms with Crippen molar-refractivity contribution < 1.29 is 9.47 Å². The second-order valence-corrected chi connectivity index (χ2v) is 4.76. The van der Waals surface area contributed by atoms with Crippen molar-refractivity contribution >= 4 is 0 Å². The van der Waals surface area contributed by atoms with Crippen molar-refractivity contribution in [1.29, 1.82) is 0 Å². The smallest absolute Gasteiger partial charge is 0.161 e. The van der Waals surface area contributed by atoms with Crippen molar-refractivity contribution in [3.8, 4) is 11.5 Å². The highest BCUT2D eigenvalue weighted by Gasteiger charge is 2.10. The van der Waals surface area contributed by atoms with Crippen LogP contribution in [-0.2, 0) is 0 Å². The fourth-order valence-electron chi connectivity index (χ4n) is 1.76. The summed E-state index contributed by atoms with van der Waals surface area (Å²) in [5, 5.41) is 3.54. The molecule has 0 spiro atoms. The van der Waals surface area contributed by atoms with Crippen molar-refractivity contribution in [3.63, 3.8) is 0 Å². The molecule has 0 fully saturated rings. The predicted octanol–water partition coefficient (Wildman–Crippen LogP) is 3.40. The van der Waals surface area contributed by atoms with Gasteiger partial charge in [0, 0.05) is 6.04 Å². The van der Waals surface area contributed by atoms with Gasteiger partial charge in [-0.15, -0.1) is 0 Å². The molecule has 1 aromatic carbocycles. The van der Waals surface area contributed by atoms with Crippen molar-refractivity contribution in [2.45, 2.75) is 33.2 Å². The van der Waals surface area contributed by atoms with Gasteiger partial charge in [-0.05, 0) is 37.1 Å². The van der Waals surface area contributed by atoms with E-state index < -0.39 is 0 Å². The molecule has 2 unspecified atom stereocenters. The first-order valence-corrected chi connectivity index (χ1v) is 6.57. The number of ether oxygens (including phenoxy) is 2. The van der Waals surface area contributed by atoms with Crippen LogP contribution in [0.1, 0.15) is 38.8 Å². The van der Waals surface area contributed by atoms with Gasteiger partial charge in [-0.25, -0.2) is 0 Å². The molecule has 0 bridgehead atoms. The Morgan fingerprint density at radius 1 is 1.11 bits per heavy atom. The number of hydrogen-bond donors (Lipinski definition) is 1. The lowest BCUT2D eigenvalue weighted by molar-refractivity contribution is 0.353. The molecule has 1 aromatic rings. The van der Waals surface area contributed by atoms with Crippen LogP contribution in [0.15, 0.2) is 18.2 Å². The molecule has 3 heteroatoms. The molecule has 2 atom stereocenters. The molecule has 3 nitrogen and oxygen atoms in total. The van der Waals surface area contributed by atoms with Gasteiger partial charge in [0.1, 0.15) is 0 Å². The number of rotatable bonds is 7. The summed E-state index contributed by atoms with van der Waals surface area (Å²) in [5.74, 6) is 2.26. The Morgan fingerprint density at radius 3 is 2.33 bits per heavy atom. The van der Waals surface area contributed by atoms with Crippen LogP contribution in [0.3, 0.4) is 0 Å². The SMILES string of the molecule is CCC(C)CNC(C)c1ccc(OC)c(OC)c1. The number of methoxy groups -OCH3 is 2. The Hall–Kier alpha value is -1.22. The van der Waals surface area contributed by atoms with Crippen molar-refractivity contribution in [2.24, 2.45) is 5.92 Å². The molecule has 0 aliphatic heterocycles. The molecule has 0 saturated heterocycles. The third kappa shape index (κ3) is 3.91. The summed E-state index contributed by atoms with van der Waals surface area (Å²) < 4.78 is 10.6. The summed E-state index contributed by atoms with van der Waals surface area (Å²) in [6.07, 6.45) is 1.20. The standard InChI is InChI=1S/C15H25NO2/c1-6-11(2)10-16-12(3)13-7-8-14(17-4)15(9-13)18-5/h7-9,11-12,16H,6,10H2,1-5H3. The van der Waals surface area contributed by atoms with Gasteiger partial charge >= 0.3 is 0 Å². The zero-order valence-electron chi connectivity index (χ0n) is 12.1. The Labute approximate surface area is 110 Å². The molecule has 0 aliphatic carbocycles. The third-order valence-electron chi connectivity index (χ3n) is 3.38. The summed E-state index contributed by atoms with van der Waals surface area (Å²) in [5.41, 5.74) is 1.22. The van der Waals surface area contributed by atoms with Gasteiger partial charge in [0.25, 0.3) is 0 Å². The first kappa shape index (κ1) is 14.8. The van der Waals surface area contributed by atoms with Crippen molar-refractivity contribution in [2.75, 3.05) is 20.8 Å². The predicted molar refractivity (Wildman–Crippen MR) is 75.4 cm³/mol. The molecule has 0 saturated carbocycles. The molecule has 0 aliphatic rings. The van der Waals surface area contributed by atoms with Crippen LogP contribution in [0.25, 0.3) is 0 Å². The van der Waals surface area contributed by atoms with E-state index in [1.54, 1.807) is 14.2 Å². The molecule has 0 heterocycles. The fraction of sp³-hybridized carbons (Fsp3) is 0.600. The second kappa shape index (κ2) is 7.27. The molecule has 0 amide bonds. The minimum Gasteiger partial charge on any atom is -0.493 e. The fourth-order valence-corrected chi connectivity index (χ4v) is 1.76. The molecule has 0 radical (unpaired) electrons. The van der Waals surface area contributed by atoms with Crippen LogP contribution < -0.4 is 14.8 Å². The molecule has 102 valence electrons. The van der Waals surface area contributed by atoms with E-state index >= 15 is 0 Å². The van der Waals surface area contributed by atoms with E-state index in [1.807, 2.05) is 12.1 Å². The highest BCUT2D eigenvalue weighted by molar-refractivity contribution is 5.43. The minimum absolute atomic E-state index is 0.318. The van der Waals surface area contributed by atoms with Gasteiger partial charge in [0.15, 0.2) is 11.5 Å². The summed E-state index contributed by atoms with van der Waals surface area (Å²) in [6.45, 7) is 7.68. The summed E-state index contributed by atoms with van der Waals surface area (Å²) >= 11 is 0. The quantitative estimate of drug-likeness (QED) is 0.805. The van der Waals surface area contributed by atoms with Gasteiger partial charge < -0.3 is 14.8 Å². The Morgan fingerprint density at radius 2 is 1.78 bits per heavy atom. The van der Waals surface area contributed by atoms with Crippen molar-refractivity contribution in [1.82, 2.24) is 5.32 Å². The number of hydrogen-bond acceptors (Lipinski definition) is 3. The van der Waals surface area contributed by atoms with Crippen LogP contribution in [-0.4, -0.2) is 20.8 Å². The maximum Gasteiger partial charge on any atom is 0.161 e. The van der Waals surface area contributed by atoms with E-state index in [0.29, 0.717) is 12.0 Å².